The second kappa shape index (κ2) is 9.07. The number of rotatable bonds is 5. The number of nitrogens with zero attached hydrogens (tertiary/aromatic N) is 5. The van der Waals surface area contributed by atoms with E-state index in [4.69, 9.17) is 21.4 Å². The van der Waals surface area contributed by atoms with Gasteiger partial charge in [-0.25, -0.2) is 4.68 Å². The Morgan fingerprint density at radius 3 is 2.44 bits per heavy atom. The van der Waals surface area contributed by atoms with Crippen molar-refractivity contribution in [1.29, 1.82) is 0 Å². The molecule has 0 spiro atoms. The van der Waals surface area contributed by atoms with E-state index in [1.54, 1.807) is 11.8 Å². The lowest BCUT2D eigenvalue weighted by molar-refractivity contribution is 0.416. The highest BCUT2D eigenvalue weighted by molar-refractivity contribution is 7.15. The number of halogens is 1. The third-order valence-corrected chi connectivity index (χ3v) is 6.91. The number of thiazole rings is 1. The topological polar surface area (TPSA) is 74.3 Å². The maximum absolute atomic E-state index is 13.3. The maximum Gasteiger partial charge on any atom is 0.291 e. The normalized spacial score (nSPS) is 11.9. The number of hydrogen-bond acceptors (Lipinski definition) is 6. The molecule has 7 nitrogen and oxygen atoms in total. The van der Waals surface area contributed by atoms with Gasteiger partial charge in [0.15, 0.2) is 5.82 Å². The van der Waals surface area contributed by atoms with Crippen molar-refractivity contribution in [3.8, 4) is 34.1 Å². The summed E-state index contributed by atoms with van der Waals surface area (Å²) in [5.74, 6) is 1.09. The number of ether oxygens (including phenoxy) is 1. The van der Waals surface area contributed by atoms with Crippen LogP contribution in [0.4, 0.5) is 0 Å². The van der Waals surface area contributed by atoms with Gasteiger partial charge in [0.2, 0.25) is 4.96 Å². The molecule has 0 amide bonds. The first kappa shape index (κ1) is 22.2. The second-order valence-corrected chi connectivity index (χ2v) is 9.41. The van der Waals surface area contributed by atoms with E-state index in [1.807, 2.05) is 91.1 Å². The van der Waals surface area contributed by atoms with Crippen LogP contribution < -0.4 is 14.8 Å². The van der Waals surface area contributed by atoms with Crippen LogP contribution in [0.25, 0.3) is 39.4 Å². The SMILES string of the molecule is COc1ccccc1-c1nc2s/c(=C\c3cn(-c4ccccc4)nc3-c3ccc(Cl)cc3)c(=O)n2n1. The summed E-state index contributed by atoms with van der Waals surface area (Å²) in [5, 5.41) is 9.92. The number of methoxy groups -OCH3 is 1. The van der Waals surface area contributed by atoms with Crippen molar-refractivity contribution in [1.82, 2.24) is 24.4 Å². The van der Waals surface area contributed by atoms with E-state index < -0.39 is 0 Å². The van der Waals surface area contributed by atoms with Crippen molar-refractivity contribution in [3.63, 3.8) is 0 Å². The summed E-state index contributed by atoms with van der Waals surface area (Å²) in [6, 6.07) is 24.8. The van der Waals surface area contributed by atoms with Crippen LogP contribution in [-0.4, -0.2) is 31.5 Å². The van der Waals surface area contributed by atoms with E-state index in [0.29, 0.717) is 26.1 Å². The second-order valence-electron chi connectivity index (χ2n) is 7.97. The Hall–Kier alpha value is -4.27. The third kappa shape index (κ3) is 3.96. The van der Waals surface area contributed by atoms with Crippen LogP contribution in [-0.2, 0) is 0 Å². The molecule has 0 atom stereocenters. The number of fused-ring (bicyclic) bond motifs is 1. The van der Waals surface area contributed by atoms with E-state index in [0.717, 1.165) is 28.1 Å². The minimum atomic E-state index is -0.238. The van der Waals surface area contributed by atoms with E-state index in [1.165, 1.54) is 15.9 Å². The first-order valence-electron chi connectivity index (χ1n) is 11.1. The summed E-state index contributed by atoms with van der Waals surface area (Å²) in [6.45, 7) is 0. The van der Waals surface area contributed by atoms with Crippen molar-refractivity contribution < 1.29 is 4.74 Å². The van der Waals surface area contributed by atoms with Crippen LogP contribution in [0.2, 0.25) is 5.02 Å². The zero-order valence-corrected chi connectivity index (χ0v) is 20.6. The molecule has 6 aromatic rings. The number of hydrogen-bond donors (Lipinski definition) is 0. The van der Waals surface area contributed by atoms with E-state index in [2.05, 4.69) is 10.1 Å². The van der Waals surface area contributed by atoms with Crippen molar-refractivity contribution in [2.45, 2.75) is 0 Å². The highest BCUT2D eigenvalue weighted by atomic mass is 35.5. The molecule has 3 aromatic heterocycles. The third-order valence-electron chi connectivity index (χ3n) is 5.70. The summed E-state index contributed by atoms with van der Waals surface area (Å²) in [7, 11) is 1.59. The van der Waals surface area contributed by atoms with Gasteiger partial charge in [0.25, 0.3) is 5.56 Å². The van der Waals surface area contributed by atoms with Crippen LogP contribution in [0.1, 0.15) is 5.56 Å². The van der Waals surface area contributed by atoms with Crippen LogP contribution in [0.5, 0.6) is 5.75 Å². The zero-order chi connectivity index (χ0) is 24.6. The monoisotopic (exact) mass is 511 g/mol. The molecule has 176 valence electrons. The molecule has 0 bridgehead atoms. The van der Waals surface area contributed by atoms with Crippen LogP contribution >= 0.6 is 22.9 Å². The molecular weight excluding hydrogens is 494 g/mol. The van der Waals surface area contributed by atoms with Crippen molar-refractivity contribution in [3.05, 3.63) is 111 Å². The summed E-state index contributed by atoms with van der Waals surface area (Å²) in [6.07, 6.45) is 3.75. The predicted molar refractivity (Wildman–Crippen MR) is 142 cm³/mol. The molecule has 0 saturated carbocycles. The summed E-state index contributed by atoms with van der Waals surface area (Å²) in [4.78, 5) is 18.4. The number of benzene rings is 3. The fourth-order valence-corrected chi connectivity index (χ4v) is 4.98. The molecule has 6 rings (SSSR count). The summed E-state index contributed by atoms with van der Waals surface area (Å²) < 4.78 is 9.07. The highest BCUT2D eigenvalue weighted by Crippen LogP contribution is 2.28. The van der Waals surface area contributed by atoms with Gasteiger partial charge < -0.3 is 4.74 Å². The highest BCUT2D eigenvalue weighted by Gasteiger charge is 2.16. The zero-order valence-electron chi connectivity index (χ0n) is 19.0. The molecule has 0 aliphatic carbocycles. The lowest BCUT2D eigenvalue weighted by Gasteiger charge is -2.03. The van der Waals surface area contributed by atoms with Gasteiger partial charge in [0.05, 0.1) is 22.9 Å². The van der Waals surface area contributed by atoms with E-state index in [9.17, 15) is 4.79 Å². The quantitative estimate of drug-likeness (QED) is 0.330. The minimum Gasteiger partial charge on any atom is -0.496 e. The molecule has 3 heterocycles. The van der Waals surface area contributed by atoms with Crippen molar-refractivity contribution in [2.24, 2.45) is 0 Å². The molecular formula is C27H18ClN5O2S. The molecule has 0 fully saturated rings. The molecule has 0 saturated heterocycles. The first-order chi connectivity index (χ1) is 17.6. The van der Waals surface area contributed by atoms with Crippen LogP contribution in [0.3, 0.4) is 0 Å². The molecule has 3 aromatic carbocycles. The molecule has 0 radical (unpaired) electrons. The predicted octanol–water partition coefficient (Wildman–Crippen LogP) is 4.88. The lowest BCUT2D eigenvalue weighted by Crippen LogP contribution is -2.23. The molecule has 0 aliphatic heterocycles. The van der Waals surface area contributed by atoms with Gasteiger partial charge in [0.1, 0.15) is 11.4 Å². The van der Waals surface area contributed by atoms with Crippen LogP contribution in [0.15, 0.2) is 89.9 Å². The Balaban J connectivity index is 1.49. The molecule has 9 heteroatoms. The Bertz CT molecular complexity index is 1810. The molecule has 36 heavy (non-hydrogen) atoms. The van der Waals surface area contributed by atoms with Gasteiger partial charge in [-0.15, -0.1) is 5.10 Å². The van der Waals surface area contributed by atoms with Gasteiger partial charge in [0, 0.05) is 22.3 Å². The van der Waals surface area contributed by atoms with E-state index in [-0.39, 0.29) is 5.56 Å². The Morgan fingerprint density at radius 2 is 1.69 bits per heavy atom. The average molecular weight is 512 g/mol. The lowest BCUT2D eigenvalue weighted by atomic mass is 10.1. The summed E-state index contributed by atoms with van der Waals surface area (Å²) >= 11 is 7.38. The smallest absolute Gasteiger partial charge is 0.291 e. The van der Waals surface area contributed by atoms with Gasteiger partial charge in [-0.3, -0.25) is 4.79 Å². The van der Waals surface area contributed by atoms with Gasteiger partial charge in [-0.1, -0.05) is 65.4 Å². The largest absolute Gasteiger partial charge is 0.496 e. The van der Waals surface area contributed by atoms with Crippen molar-refractivity contribution in [2.75, 3.05) is 7.11 Å². The fraction of sp³-hybridized carbons (Fsp3) is 0.0370. The minimum absolute atomic E-state index is 0.238. The number of aromatic nitrogens is 5. The van der Waals surface area contributed by atoms with Gasteiger partial charge >= 0.3 is 0 Å². The Morgan fingerprint density at radius 1 is 0.944 bits per heavy atom. The molecule has 0 N–H and O–H groups in total. The Kier molecular flexibility index (Phi) is 5.59. The molecule has 0 unspecified atom stereocenters. The number of para-hydroxylation sites is 2. The standard InChI is InChI=1S/C27H18ClN5O2S/c1-35-22-10-6-5-9-21(22)25-29-27-33(31-25)26(34)23(36-27)15-18-16-32(20-7-3-2-4-8-20)30-24(18)17-11-13-19(28)14-12-17/h2-16H,1H3/b23-15-. The van der Waals surface area contributed by atoms with E-state index >= 15 is 0 Å². The Labute approximate surface area is 214 Å². The molecule has 0 aliphatic rings. The maximum atomic E-state index is 13.3. The van der Waals surface area contributed by atoms with Crippen molar-refractivity contribution >= 4 is 34.0 Å². The average Bonchev–Trinajstić information content (AvgIpc) is 3.60. The first-order valence-corrected chi connectivity index (χ1v) is 12.3. The van der Waals surface area contributed by atoms with Gasteiger partial charge in [-0.2, -0.15) is 14.6 Å². The van der Waals surface area contributed by atoms with Gasteiger partial charge in [-0.05, 0) is 42.5 Å². The van der Waals surface area contributed by atoms with Crippen LogP contribution in [0, 0.1) is 0 Å². The fourth-order valence-electron chi connectivity index (χ4n) is 3.96. The summed E-state index contributed by atoms with van der Waals surface area (Å²) in [5.41, 5.74) is 3.84.